The molecular formula is C10H16Br2O4. The van der Waals surface area contributed by atoms with E-state index in [9.17, 15) is 9.90 Å². The molecule has 0 fully saturated rings. The number of alkyl halides is 2. The van der Waals surface area contributed by atoms with E-state index in [1.54, 1.807) is 6.92 Å². The van der Waals surface area contributed by atoms with Gasteiger partial charge in [-0.05, 0) is 6.92 Å². The molecule has 16 heavy (non-hydrogen) atoms. The lowest BCUT2D eigenvalue weighted by Crippen LogP contribution is -2.36. The molecule has 94 valence electrons. The molecule has 0 heterocycles. The summed E-state index contributed by atoms with van der Waals surface area (Å²) >= 11 is 6.63. The number of halogens is 2. The van der Waals surface area contributed by atoms with E-state index in [4.69, 9.17) is 9.47 Å². The number of esters is 1. The van der Waals surface area contributed by atoms with Gasteiger partial charge in [0.05, 0.1) is 13.2 Å². The van der Waals surface area contributed by atoms with Crippen molar-refractivity contribution in [2.24, 2.45) is 5.41 Å². The molecule has 4 nitrogen and oxygen atoms in total. The van der Waals surface area contributed by atoms with Gasteiger partial charge in [0.15, 0.2) is 6.29 Å². The van der Waals surface area contributed by atoms with Crippen LogP contribution in [0, 0.1) is 5.41 Å². The molecule has 0 aliphatic carbocycles. The molecule has 0 saturated carbocycles. The first-order chi connectivity index (χ1) is 7.53. The Morgan fingerprint density at radius 1 is 1.56 bits per heavy atom. The minimum absolute atomic E-state index is 0.0222. The van der Waals surface area contributed by atoms with Gasteiger partial charge in [-0.2, -0.15) is 0 Å². The Morgan fingerprint density at radius 3 is 2.50 bits per heavy atom. The second-order valence-corrected chi connectivity index (χ2v) is 4.57. The summed E-state index contributed by atoms with van der Waals surface area (Å²) in [6, 6.07) is 0. The molecule has 0 bridgehead atoms. The quantitative estimate of drug-likeness (QED) is 0.311. The largest absolute Gasteiger partial charge is 0.433 e. The Balaban J connectivity index is 4.10. The molecule has 0 aliphatic rings. The van der Waals surface area contributed by atoms with Crippen LogP contribution in [0.4, 0.5) is 0 Å². The Kier molecular flexibility index (Phi) is 8.27. The Bertz CT molecular complexity index is 221. The lowest BCUT2D eigenvalue weighted by molar-refractivity contribution is -0.174. The van der Waals surface area contributed by atoms with Gasteiger partial charge in [0.25, 0.3) is 0 Å². The van der Waals surface area contributed by atoms with Crippen molar-refractivity contribution in [3.8, 4) is 0 Å². The average Bonchev–Trinajstić information content (AvgIpc) is 2.31. The zero-order chi connectivity index (χ0) is 12.6. The van der Waals surface area contributed by atoms with E-state index < -0.39 is 17.7 Å². The lowest BCUT2D eigenvalue weighted by atomic mass is 9.96. The third-order valence-electron chi connectivity index (χ3n) is 1.98. The Morgan fingerprint density at radius 2 is 2.12 bits per heavy atom. The predicted molar refractivity (Wildman–Crippen MR) is 68.8 cm³/mol. The molecule has 1 atom stereocenters. The smallest absolute Gasteiger partial charge is 0.332 e. The fraction of sp³-hybridized carbons (Fsp3) is 0.700. The van der Waals surface area contributed by atoms with Crippen molar-refractivity contribution >= 4 is 37.8 Å². The predicted octanol–water partition coefficient (Wildman–Crippen LogP) is 1.85. The lowest BCUT2D eigenvalue weighted by Gasteiger charge is -2.28. The summed E-state index contributed by atoms with van der Waals surface area (Å²) in [7, 11) is 0. The average molecular weight is 360 g/mol. The zero-order valence-corrected chi connectivity index (χ0v) is 12.3. The molecule has 0 aromatic rings. The van der Waals surface area contributed by atoms with E-state index in [1.807, 2.05) is 0 Å². The van der Waals surface area contributed by atoms with Crippen molar-refractivity contribution < 1.29 is 19.4 Å². The highest BCUT2D eigenvalue weighted by molar-refractivity contribution is 9.09. The standard InChI is InChI=1S/C10H16Br2O4/c1-3-9(14)16-8(2)15-7-10(4-11,5-12)6-13/h3,8,13H,1,4-7H2,2H3. The minimum Gasteiger partial charge on any atom is -0.433 e. The second-order valence-electron chi connectivity index (χ2n) is 3.45. The van der Waals surface area contributed by atoms with Crippen LogP contribution in [0.25, 0.3) is 0 Å². The van der Waals surface area contributed by atoms with Crippen molar-refractivity contribution in [3.63, 3.8) is 0 Å². The number of hydrogen-bond acceptors (Lipinski definition) is 4. The molecule has 0 aromatic carbocycles. The van der Waals surface area contributed by atoms with Crippen LogP contribution >= 0.6 is 31.9 Å². The summed E-state index contributed by atoms with van der Waals surface area (Å²) in [5, 5.41) is 10.4. The third kappa shape index (κ3) is 5.43. The van der Waals surface area contributed by atoms with E-state index in [-0.39, 0.29) is 13.2 Å². The first kappa shape index (κ1) is 16.1. The molecule has 1 N–H and O–H groups in total. The topological polar surface area (TPSA) is 55.8 Å². The SMILES string of the molecule is C=CC(=O)OC(C)OCC(CO)(CBr)CBr. The van der Waals surface area contributed by atoms with Crippen molar-refractivity contribution in [1.82, 2.24) is 0 Å². The Hall–Kier alpha value is 0.0900. The van der Waals surface area contributed by atoms with Crippen LogP contribution in [0.3, 0.4) is 0 Å². The van der Waals surface area contributed by atoms with E-state index in [1.165, 1.54) is 0 Å². The molecule has 0 spiro atoms. The van der Waals surface area contributed by atoms with Crippen LogP contribution in [0.15, 0.2) is 12.7 Å². The van der Waals surface area contributed by atoms with Gasteiger partial charge in [0.1, 0.15) is 0 Å². The van der Waals surface area contributed by atoms with Crippen molar-refractivity contribution in [2.45, 2.75) is 13.2 Å². The summed E-state index contributed by atoms with van der Waals surface area (Å²) in [6.07, 6.45) is 0.420. The molecule has 1 unspecified atom stereocenters. The first-order valence-electron chi connectivity index (χ1n) is 4.71. The highest BCUT2D eigenvalue weighted by atomic mass is 79.9. The highest BCUT2D eigenvalue weighted by Gasteiger charge is 2.28. The summed E-state index contributed by atoms with van der Waals surface area (Å²) in [4.78, 5) is 10.9. The summed E-state index contributed by atoms with van der Waals surface area (Å²) in [5.41, 5.74) is -0.408. The van der Waals surface area contributed by atoms with Crippen LogP contribution in [-0.2, 0) is 14.3 Å². The molecule has 0 aromatic heterocycles. The van der Waals surface area contributed by atoms with Crippen LogP contribution in [0.2, 0.25) is 0 Å². The number of aliphatic hydroxyl groups is 1. The van der Waals surface area contributed by atoms with Crippen LogP contribution in [0.1, 0.15) is 6.92 Å². The summed E-state index contributed by atoms with van der Waals surface area (Å²) in [6.45, 7) is 5.16. The van der Waals surface area contributed by atoms with Gasteiger partial charge in [-0.3, -0.25) is 0 Å². The van der Waals surface area contributed by atoms with Crippen molar-refractivity contribution in [2.75, 3.05) is 23.9 Å². The van der Waals surface area contributed by atoms with Gasteiger partial charge in [0, 0.05) is 22.2 Å². The number of rotatable bonds is 8. The van der Waals surface area contributed by atoms with Crippen molar-refractivity contribution in [1.29, 1.82) is 0 Å². The van der Waals surface area contributed by atoms with E-state index in [2.05, 4.69) is 38.4 Å². The van der Waals surface area contributed by atoms with E-state index in [0.717, 1.165) is 6.08 Å². The maximum absolute atomic E-state index is 10.9. The van der Waals surface area contributed by atoms with Gasteiger partial charge in [-0.1, -0.05) is 38.4 Å². The maximum Gasteiger partial charge on any atom is 0.332 e. The van der Waals surface area contributed by atoms with Crippen LogP contribution < -0.4 is 0 Å². The third-order valence-corrected chi connectivity index (χ3v) is 4.35. The fourth-order valence-electron chi connectivity index (χ4n) is 0.783. The van der Waals surface area contributed by atoms with Gasteiger partial charge in [-0.15, -0.1) is 0 Å². The van der Waals surface area contributed by atoms with Crippen LogP contribution in [0.5, 0.6) is 0 Å². The number of carbonyl (C=O) groups is 1. The van der Waals surface area contributed by atoms with E-state index in [0.29, 0.717) is 10.7 Å². The monoisotopic (exact) mass is 358 g/mol. The van der Waals surface area contributed by atoms with Gasteiger partial charge in [0.2, 0.25) is 0 Å². The van der Waals surface area contributed by atoms with Gasteiger partial charge >= 0.3 is 5.97 Å². The molecule has 0 amide bonds. The van der Waals surface area contributed by atoms with Gasteiger partial charge < -0.3 is 14.6 Å². The molecule has 0 saturated heterocycles. The number of aliphatic hydroxyl groups excluding tert-OH is 1. The molecular weight excluding hydrogens is 344 g/mol. The normalized spacial score (nSPS) is 13.2. The second kappa shape index (κ2) is 8.22. The number of hydrogen-bond donors (Lipinski definition) is 1. The summed E-state index contributed by atoms with van der Waals surface area (Å²) in [5.74, 6) is -0.528. The minimum atomic E-state index is -0.658. The number of ether oxygens (including phenoxy) is 2. The van der Waals surface area contributed by atoms with E-state index >= 15 is 0 Å². The molecule has 6 heteroatoms. The highest BCUT2D eigenvalue weighted by Crippen LogP contribution is 2.23. The number of carbonyl (C=O) groups excluding carboxylic acids is 1. The maximum atomic E-state index is 10.9. The van der Waals surface area contributed by atoms with Crippen LogP contribution in [-0.4, -0.2) is 41.2 Å². The van der Waals surface area contributed by atoms with Crippen molar-refractivity contribution in [3.05, 3.63) is 12.7 Å². The van der Waals surface area contributed by atoms with Gasteiger partial charge in [-0.25, -0.2) is 4.79 Å². The fourth-order valence-corrected chi connectivity index (χ4v) is 2.39. The first-order valence-corrected chi connectivity index (χ1v) is 6.95. The summed E-state index contributed by atoms with van der Waals surface area (Å²) < 4.78 is 10.2. The molecule has 0 rings (SSSR count). The molecule has 0 aliphatic heterocycles. The zero-order valence-electron chi connectivity index (χ0n) is 9.12. The molecule has 0 radical (unpaired) electrons. The Labute approximate surface area is 112 Å².